The second-order valence-corrected chi connectivity index (χ2v) is 4.84. The Morgan fingerprint density at radius 1 is 1.57 bits per heavy atom. The molecular formula is C12H14O2. The van der Waals surface area contributed by atoms with Gasteiger partial charge in [0.05, 0.1) is 0 Å². The molecule has 0 aliphatic heterocycles. The van der Waals surface area contributed by atoms with Gasteiger partial charge in [-0.05, 0) is 30.6 Å². The molecule has 1 N–H and O–H groups in total. The predicted molar refractivity (Wildman–Crippen MR) is 52.7 cm³/mol. The van der Waals surface area contributed by atoms with Gasteiger partial charge in [-0.3, -0.25) is 0 Å². The normalized spacial score (nSPS) is 39.3. The third-order valence-corrected chi connectivity index (χ3v) is 4.28. The van der Waals surface area contributed by atoms with Gasteiger partial charge in [0.15, 0.2) is 0 Å². The highest BCUT2D eigenvalue weighted by Crippen LogP contribution is 2.63. The van der Waals surface area contributed by atoms with Gasteiger partial charge in [-0.25, -0.2) is 4.79 Å². The number of rotatable bonds is 1. The Kier molecular flexibility index (Phi) is 1.48. The molecule has 0 aromatic carbocycles. The van der Waals surface area contributed by atoms with Gasteiger partial charge in [-0.2, -0.15) is 0 Å². The highest BCUT2D eigenvalue weighted by molar-refractivity contribution is 5.81. The van der Waals surface area contributed by atoms with Crippen molar-refractivity contribution >= 4 is 5.97 Å². The van der Waals surface area contributed by atoms with Crippen molar-refractivity contribution in [3.8, 4) is 0 Å². The summed E-state index contributed by atoms with van der Waals surface area (Å²) in [6, 6.07) is 0. The van der Waals surface area contributed by atoms with Gasteiger partial charge in [0, 0.05) is 12.0 Å². The van der Waals surface area contributed by atoms with Crippen LogP contribution in [0.4, 0.5) is 0 Å². The number of hydrogen-bond donors (Lipinski definition) is 1. The molecule has 0 bridgehead atoms. The third kappa shape index (κ3) is 0.887. The number of carboxylic acids is 1. The smallest absolute Gasteiger partial charge is 0.328 e. The van der Waals surface area contributed by atoms with Crippen LogP contribution in [0.5, 0.6) is 0 Å². The molecule has 74 valence electrons. The lowest BCUT2D eigenvalue weighted by atomic mass is 9.54. The summed E-state index contributed by atoms with van der Waals surface area (Å²) in [5.41, 5.74) is 1.61. The molecule has 3 aliphatic carbocycles. The molecule has 2 nitrogen and oxygen atoms in total. The van der Waals surface area contributed by atoms with Gasteiger partial charge in [0.1, 0.15) is 0 Å². The summed E-state index contributed by atoms with van der Waals surface area (Å²) in [5.74, 6) is 0.412. The zero-order valence-corrected chi connectivity index (χ0v) is 8.07. The van der Waals surface area contributed by atoms with Crippen LogP contribution in [-0.4, -0.2) is 11.1 Å². The molecule has 2 atom stereocenters. The van der Waals surface area contributed by atoms with Crippen molar-refractivity contribution in [2.75, 3.05) is 0 Å². The summed E-state index contributed by atoms with van der Waals surface area (Å²) < 4.78 is 0. The van der Waals surface area contributed by atoms with E-state index in [1.807, 2.05) is 0 Å². The predicted octanol–water partition coefficient (Wildman–Crippen LogP) is 2.37. The van der Waals surface area contributed by atoms with E-state index in [1.165, 1.54) is 25.3 Å². The van der Waals surface area contributed by atoms with Crippen molar-refractivity contribution in [2.24, 2.45) is 17.3 Å². The molecule has 1 spiro atoms. The van der Waals surface area contributed by atoms with Crippen molar-refractivity contribution in [3.63, 3.8) is 0 Å². The first-order valence-corrected chi connectivity index (χ1v) is 5.34. The molecular weight excluding hydrogens is 176 g/mol. The summed E-state index contributed by atoms with van der Waals surface area (Å²) in [5, 5.41) is 8.67. The molecule has 14 heavy (non-hydrogen) atoms. The van der Waals surface area contributed by atoms with Gasteiger partial charge in [0.25, 0.3) is 0 Å². The molecule has 0 unspecified atom stereocenters. The standard InChI is InChI=1S/C12H14O2/c13-11(14)7-8-6-10-9(8)2-5-12(10)3-1-4-12/h2,5,7,9-10H,1,3-4,6H2,(H,13,14)/t9-,10-/m0/s1. The number of carboxylic acid groups (broad SMARTS) is 1. The van der Waals surface area contributed by atoms with E-state index in [1.54, 1.807) is 0 Å². The molecule has 0 amide bonds. The third-order valence-electron chi connectivity index (χ3n) is 4.28. The fraction of sp³-hybridized carbons (Fsp3) is 0.583. The Balaban J connectivity index is 1.80. The van der Waals surface area contributed by atoms with Crippen LogP contribution in [0.1, 0.15) is 25.7 Å². The maximum absolute atomic E-state index is 10.5. The van der Waals surface area contributed by atoms with Crippen LogP contribution < -0.4 is 0 Å². The van der Waals surface area contributed by atoms with Crippen LogP contribution in [0.3, 0.4) is 0 Å². The van der Waals surface area contributed by atoms with Crippen LogP contribution in [-0.2, 0) is 4.79 Å². The lowest BCUT2D eigenvalue weighted by Crippen LogP contribution is -2.41. The molecule has 3 aliphatic rings. The van der Waals surface area contributed by atoms with Crippen molar-refractivity contribution in [1.29, 1.82) is 0 Å². The van der Waals surface area contributed by atoms with Gasteiger partial charge in [-0.15, -0.1) is 0 Å². The lowest BCUT2D eigenvalue weighted by Gasteiger charge is -2.50. The van der Waals surface area contributed by atoms with E-state index in [0.29, 0.717) is 11.3 Å². The minimum atomic E-state index is -0.790. The lowest BCUT2D eigenvalue weighted by molar-refractivity contribution is -0.131. The topological polar surface area (TPSA) is 37.3 Å². The minimum Gasteiger partial charge on any atom is -0.478 e. The summed E-state index contributed by atoms with van der Waals surface area (Å²) in [6.45, 7) is 0. The average Bonchev–Trinajstić information content (AvgIpc) is 2.33. The van der Waals surface area contributed by atoms with Crippen LogP contribution in [0.2, 0.25) is 0 Å². The van der Waals surface area contributed by atoms with Crippen LogP contribution >= 0.6 is 0 Å². The summed E-state index contributed by atoms with van der Waals surface area (Å²) >= 11 is 0. The van der Waals surface area contributed by atoms with Crippen LogP contribution in [0, 0.1) is 17.3 Å². The number of fused-ring (bicyclic) bond motifs is 2. The fourth-order valence-electron chi connectivity index (χ4n) is 3.29. The second kappa shape index (κ2) is 2.50. The van der Waals surface area contributed by atoms with Crippen molar-refractivity contribution in [3.05, 3.63) is 23.8 Å². The first-order valence-electron chi connectivity index (χ1n) is 5.34. The van der Waals surface area contributed by atoms with E-state index in [2.05, 4.69) is 12.2 Å². The van der Waals surface area contributed by atoms with Crippen molar-refractivity contribution < 1.29 is 9.90 Å². The quantitative estimate of drug-likeness (QED) is 0.509. The zero-order chi connectivity index (χ0) is 9.76. The first kappa shape index (κ1) is 8.27. The maximum Gasteiger partial charge on any atom is 0.328 e. The summed E-state index contributed by atoms with van der Waals surface area (Å²) in [4.78, 5) is 10.5. The van der Waals surface area contributed by atoms with Gasteiger partial charge in [0.2, 0.25) is 0 Å². The zero-order valence-electron chi connectivity index (χ0n) is 8.07. The molecule has 2 fully saturated rings. The number of carbonyl (C=O) groups is 1. The van der Waals surface area contributed by atoms with E-state index in [-0.39, 0.29) is 0 Å². The van der Waals surface area contributed by atoms with Gasteiger partial charge in [-0.1, -0.05) is 24.1 Å². The number of allylic oxidation sites excluding steroid dienone is 3. The van der Waals surface area contributed by atoms with Crippen LogP contribution in [0.25, 0.3) is 0 Å². The van der Waals surface area contributed by atoms with E-state index in [0.717, 1.165) is 17.9 Å². The highest BCUT2D eigenvalue weighted by Gasteiger charge is 2.54. The van der Waals surface area contributed by atoms with E-state index in [9.17, 15) is 4.79 Å². The Morgan fingerprint density at radius 2 is 2.36 bits per heavy atom. The minimum absolute atomic E-state index is 0.464. The highest BCUT2D eigenvalue weighted by atomic mass is 16.4. The summed E-state index contributed by atoms with van der Waals surface area (Å²) in [6.07, 6.45) is 11.0. The van der Waals surface area contributed by atoms with Crippen LogP contribution in [0.15, 0.2) is 23.8 Å². The number of aliphatic carboxylic acids is 1. The Morgan fingerprint density at radius 3 is 2.93 bits per heavy atom. The van der Waals surface area contributed by atoms with Crippen molar-refractivity contribution in [1.82, 2.24) is 0 Å². The molecule has 0 aromatic heterocycles. The maximum atomic E-state index is 10.5. The molecule has 0 radical (unpaired) electrons. The van der Waals surface area contributed by atoms with Gasteiger partial charge < -0.3 is 5.11 Å². The van der Waals surface area contributed by atoms with E-state index < -0.39 is 5.97 Å². The molecule has 0 aromatic rings. The molecule has 0 saturated heterocycles. The number of hydrogen-bond acceptors (Lipinski definition) is 1. The Labute approximate surface area is 83.3 Å². The largest absolute Gasteiger partial charge is 0.478 e. The average molecular weight is 190 g/mol. The van der Waals surface area contributed by atoms with E-state index >= 15 is 0 Å². The molecule has 3 rings (SSSR count). The summed E-state index contributed by atoms with van der Waals surface area (Å²) in [7, 11) is 0. The second-order valence-electron chi connectivity index (χ2n) is 4.84. The van der Waals surface area contributed by atoms with E-state index in [4.69, 9.17) is 5.11 Å². The Hall–Kier alpha value is -1.05. The SMILES string of the molecule is O=C(O)C=C1C[C@H]2[C@H]1C=CC21CCC1. The van der Waals surface area contributed by atoms with Crippen molar-refractivity contribution in [2.45, 2.75) is 25.7 Å². The molecule has 2 saturated carbocycles. The molecule has 0 heterocycles. The Bertz CT molecular complexity index is 347. The molecule has 2 heteroatoms. The first-order chi connectivity index (χ1) is 6.71. The fourth-order valence-corrected chi connectivity index (χ4v) is 3.29. The van der Waals surface area contributed by atoms with Gasteiger partial charge >= 0.3 is 5.97 Å². The monoisotopic (exact) mass is 190 g/mol.